The van der Waals surface area contributed by atoms with E-state index in [1.807, 2.05) is 50.2 Å². The van der Waals surface area contributed by atoms with Crippen molar-refractivity contribution in [1.82, 2.24) is 20.2 Å². The molecule has 108 valence electrons. The summed E-state index contributed by atoms with van der Waals surface area (Å²) in [6, 6.07) is 11.5. The van der Waals surface area contributed by atoms with Crippen LogP contribution in [0.4, 0.5) is 0 Å². The van der Waals surface area contributed by atoms with E-state index in [-0.39, 0.29) is 0 Å². The van der Waals surface area contributed by atoms with Crippen LogP contribution >= 0.6 is 11.6 Å². The van der Waals surface area contributed by atoms with Crippen molar-refractivity contribution in [1.29, 1.82) is 0 Å². The van der Waals surface area contributed by atoms with Crippen LogP contribution in [0.15, 0.2) is 36.4 Å². The number of pyridine rings is 1. The maximum absolute atomic E-state index is 5.97. The average molecular weight is 371 g/mol. The summed E-state index contributed by atoms with van der Waals surface area (Å²) in [7, 11) is 0. The van der Waals surface area contributed by atoms with Crippen LogP contribution in [0, 0.1) is 13.8 Å². The molecule has 0 fully saturated rings. The van der Waals surface area contributed by atoms with Gasteiger partial charge in [0.25, 0.3) is 0 Å². The molecule has 2 radical (unpaired) electrons. The summed E-state index contributed by atoms with van der Waals surface area (Å²) in [6.07, 6.45) is 0. The third-order valence-electron chi connectivity index (χ3n) is 3.15. The van der Waals surface area contributed by atoms with Crippen LogP contribution in [0.2, 0.25) is 5.02 Å². The SMILES string of the molecule is Cc1cc(-c2nnc([As])nc2-c2ccc(Cl)cc2)cc(C)n1. The number of halogens is 1. The fraction of sp³-hybridized carbons (Fsp3) is 0.125. The molecule has 0 amide bonds. The molecule has 2 heterocycles. The van der Waals surface area contributed by atoms with Crippen molar-refractivity contribution in [3.05, 3.63) is 52.8 Å². The summed E-state index contributed by atoms with van der Waals surface area (Å²) >= 11 is 8.29. The van der Waals surface area contributed by atoms with E-state index in [0.717, 1.165) is 33.9 Å². The summed E-state index contributed by atoms with van der Waals surface area (Å²) in [6.45, 7) is 3.93. The number of hydrogen-bond donors (Lipinski definition) is 0. The van der Waals surface area contributed by atoms with Gasteiger partial charge in [-0.1, -0.05) is 0 Å². The molecule has 3 aromatic rings. The standard InChI is InChI=1S/C16H12AsClN4/c1-9-7-12(8-10(2)19-9)15-14(20-16(17)22-21-15)11-3-5-13(18)6-4-11/h3-8H,1-2H3. The maximum atomic E-state index is 5.97. The molecule has 0 atom stereocenters. The first-order chi connectivity index (χ1) is 10.5. The predicted molar refractivity (Wildman–Crippen MR) is 88.4 cm³/mol. The molecule has 0 aliphatic heterocycles. The van der Waals surface area contributed by atoms with Gasteiger partial charge >= 0.3 is 142 Å². The van der Waals surface area contributed by atoms with E-state index >= 15 is 0 Å². The monoisotopic (exact) mass is 370 g/mol. The van der Waals surface area contributed by atoms with E-state index in [4.69, 9.17) is 11.6 Å². The van der Waals surface area contributed by atoms with Crippen LogP contribution in [0.25, 0.3) is 22.5 Å². The quantitative estimate of drug-likeness (QED) is 0.651. The number of benzene rings is 1. The molecule has 2 aromatic heterocycles. The van der Waals surface area contributed by atoms with Crippen LogP contribution in [-0.2, 0) is 0 Å². The molecule has 6 heteroatoms. The summed E-state index contributed by atoms with van der Waals surface area (Å²) in [5.74, 6) is 0. The zero-order chi connectivity index (χ0) is 15.7. The molecule has 4 nitrogen and oxygen atoms in total. The Labute approximate surface area is 142 Å². The molecular weight excluding hydrogens is 359 g/mol. The van der Waals surface area contributed by atoms with Gasteiger partial charge in [-0.3, -0.25) is 0 Å². The molecule has 0 aliphatic carbocycles. The summed E-state index contributed by atoms with van der Waals surface area (Å²) in [5, 5.41) is 9.11. The third kappa shape index (κ3) is 3.18. The van der Waals surface area contributed by atoms with Crippen LogP contribution in [0.1, 0.15) is 11.4 Å². The van der Waals surface area contributed by atoms with E-state index in [1.54, 1.807) is 0 Å². The fourth-order valence-corrected chi connectivity index (χ4v) is 2.72. The Hall–Kier alpha value is -1.77. The summed E-state index contributed by atoms with van der Waals surface area (Å²) in [5.41, 5.74) is 5.32. The fourth-order valence-electron chi connectivity index (χ4n) is 2.29. The average Bonchev–Trinajstić information content (AvgIpc) is 2.47. The summed E-state index contributed by atoms with van der Waals surface area (Å²) < 4.78 is 0.573. The molecule has 0 spiro atoms. The van der Waals surface area contributed by atoms with Gasteiger partial charge in [-0.2, -0.15) is 0 Å². The Bertz CT molecular complexity index is 814. The van der Waals surface area contributed by atoms with Crippen LogP contribution in [-0.4, -0.2) is 37.0 Å². The molecular formula is C16H12AsClN4. The van der Waals surface area contributed by atoms with Crippen LogP contribution < -0.4 is 4.61 Å². The number of rotatable bonds is 2. The minimum atomic E-state index is 0.573. The molecule has 0 saturated carbocycles. The van der Waals surface area contributed by atoms with Crippen molar-refractivity contribution in [3.8, 4) is 22.5 Å². The number of aromatic nitrogens is 4. The first kappa shape index (κ1) is 15.1. The van der Waals surface area contributed by atoms with Gasteiger partial charge < -0.3 is 0 Å². The van der Waals surface area contributed by atoms with Gasteiger partial charge in [0.1, 0.15) is 0 Å². The molecule has 22 heavy (non-hydrogen) atoms. The second kappa shape index (κ2) is 6.15. The topological polar surface area (TPSA) is 51.6 Å². The normalized spacial score (nSPS) is 10.7. The van der Waals surface area contributed by atoms with E-state index < -0.39 is 0 Å². The van der Waals surface area contributed by atoms with Gasteiger partial charge in [0.05, 0.1) is 0 Å². The Morgan fingerprint density at radius 2 is 1.45 bits per heavy atom. The van der Waals surface area contributed by atoms with Gasteiger partial charge in [-0.15, -0.1) is 0 Å². The molecule has 0 N–H and O–H groups in total. The van der Waals surface area contributed by atoms with Crippen molar-refractivity contribution < 1.29 is 0 Å². The Balaban J connectivity index is 2.22. The number of aryl methyl sites for hydroxylation is 2. The van der Waals surface area contributed by atoms with Crippen molar-refractivity contribution in [3.63, 3.8) is 0 Å². The third-order valence-corrected chi connectivity index (χ3v) is 3.80. The number of hydrogen-bond acceptors (Lipinski definition) is 4. The molecule has 0 aliphatic rings. The van der Waals surface area contributed by atoms with Gasteiger partial charge in [0.15, 0.2) is 0 Å². The molecule has 0 bridgehead atoms. The van der Waals surface area contributed by atoms with Crippen molar-refractivity contribution >= 4 is 33.1 Å². The Kier molecular flexibility index (Phi) is 4.23. The molecule has 3 rings (SSSR count). The van der Waals surface area contributed by atoms with Gasteiger partial charge in [0.2, 0.25) is 0 Å². The Morgan fingerprint density at radius 1 is 0.818 bits per heavy atom. The zero-order valence-electron chi connectivity index (χ0n) is 12.1. The van der Waals surface area contributed by atoms with Crippen LogP contribution in [0.5, 0.6) is 0 Å². The second-order valence-electron chi connectivity index (χ2n) is 4.95. The zero-order valence-corrected chi connectivity index (χ0v) is 14.7. The molecule has 0 unspecified atom stereocenters. The van der Waals surface area contributed by atoms with Gasteiger partial charge in [-0.25, -0.2) is 0 Å². The van der Waals surface area contributed by atoms with Crippen molar-refractivity contribution in [2.24, 2.45) is 0 Å². The van der Waals surface area contributed by atoms with Gasteiger partial charge in [-0.05, 0) is 0 Å². The van der Waals surface area contributed by atoms with E-state index in [9.17, 15) is 0 Å². The van der Waals surface area contributed by atoms with E-state index in [2.05, 4.69) is 37.0 Å². The molecule has 1 aromatic carbocycles. The summed E-state index contributed by atoms with van der Waals surface area (Å²) in [4.78, 5) is 8.95. The van der Waals surface area contributed by atoms with E-state index in [0.29, 0.717) is 9.63 Å². The van der Waals surface area contributed by atoms with Gasteiger partial charge in [0, 0.05) is 0 Å². The molecule has 0 saturated heterocycles. The number of nitrogens with zero attached hydrogens (tertiary/aromatic N) is 4. The Morgan fingerprint density at radius 3 is 2.09 bits per heavy atom. The predicted octanol–water partition coefficient (Wildman–Crippen LogP) is 2.66. The second-order valence-corrected chi connectivity index (χ2v) is 6.23. The van der Waals surface area contributed by atoms with Crippen molar-refractivity contribution in [2.45, 2.75) is 13.8 Å². The first-order valence-corrected chi connectivity index (χ1v) is 8.00. The van der Waals surface area contributed by atoms with Crippen molar-refractivity contribution in [2.75, 3.05) is 0 Å². The minimum absolute atomic E-state index is 0.573. The first-order valence-electron chi connectivity index (χ1n) is 6.68. The van der Waals surface area contributed by atoms with E-state index in [1.165, 1.54) is 0 Å². The van der Waals surface area contributed by atoms with Crippen LogP contribution in [0.3, 0.4) is 0 Å².